The highest BCUT2D eigenvalue weighted by Gasteiger charge is 2.38. The topological polar surface area (TPSA) is 86.9 Å². The van der Waals surface area contributed by atoms with Gasteiger partial charge in [0, 0.05) is 49.4 Å². The second-order valence-electron chi connectivity index (χ2n) is 8.20. The van der Waals surface area contributed by atoms with Crippen LogP contribution in [0.15, 0.2) is 59.3 Å². The van der Waals surface area contributed by atoms with Gasteiger partial charge in [0.2, 0.25) is 5.91 Å². The van der Waals surface area contributed by atoms with Crippen LogP contribution in [0.4, 0.5) is 23.2 Å². The SMILES string of the molecule is Cc1cccc(N2CCN(C(=O)CCc3cnoc3-c3ccc(F)cc3)CC2)c1.O=C(O)C(F)(F)F. The van der Waals surface area contributed by atoms with Gasteiger partial charge in [-0.05, 0) is 55.3 Å². The standard InChI is InChI=1S/C23H24FN3O2.C2HF3O2/c1-17-3-2-4-21(15-17)26-11-13-27(14-12-26)22(28)10-7-19-16-25-29-23(19)18-5-8-20(24)9-6-18;3-2(4,5)1(6)7/h2-6,8-9,15-16H,7,10-14H2,1H3;(H,6,7). The van der Waals surface area contributed by atoms with Crippen molar-refractivity contribution in [1.82, 2.24) is 10.1 Å². The number of aryl methyl sites for hydroxylation is 2. The van der Waals surface area contributed by atoms with E-state index in [9.17, 15) is 22.4 Å². The summed E-state index contributed by atoms with van der Waals surface area (Å²) in [4.78, 5) is 25.8. The number of rotatable bonds is 5. The van der Waals surface area contributed by atoms with Crippen LogP contribution in [0.3, 0.4) is 0 Å². The van der Waals surface area contributed by atoms with Crippen molar-refractivity contribution in [2.45, 2.75) is 25.9 Å². The minimum atomic E-state index is -5.08. The zero-order valence-electron chi connectivity index (χ0n) is 19.5. The first-order valence-electron chi connectivity index (χ1n) is 11.1. The summed E-state index contributed by atoms with van der Waals surface area (Å²) >= 11 is 0. The van der Waals surface area contributed by atoms with E-state index in [1.807, 2.05) is 4.90 Å². The molecule has 0 unspecified atom stereocenters. The maximum Gasteiger partial charge on any atom is 0.490 e. The van der Waals surface area contributed by atoms with Crippen LogP contribution in [0.1, 0.15) is 17.5 Å². The van der Waals surface area contributed by atoms with E-state index in [1.165, 1.54) is 23.4 Å². The molecule has 192 valence electrons. The monoisotopic (exact) mass is 507 g/mol. The van der Waals surface area contributed by atoms with Crippen LogP contribution in [0.5, 0.6) is 0 Å². The third-order valence-corrected chi connectivity index (χ3v) is 5.60. The summed E-state index contributed by atoms with van der Waals surface area (Å²) in [5.41, 5.74) is 4.08. The van der Waals surface area contributed by atoms with Crippen molar-refractivity contribution in [3.8, 4) is 11.3 Å². The Balaban J connectivity index is 0.000000454. The number of carboxylic acids is 1. The van der Waals surface area contributed by atoms with Gasteiger partial charge in [-0.2, -0.15) is 13.2 Å². The average Bonchev–Trinajstić information content (AvgIpc) is 3.31. The van der Waals surface area contributed by atoms with Crippen LogP contribution in [0.2, 0.25) is 0 Å². The van der Waals surface area contributed by atoms with Gasteiger partial charge in [-0.3, -0.25) is 4.79 Å². The molecule has 0 atom stereocenters. The molecule has 1 saturated heterocycles. The lowest BCUT2D eigenvalue weighted by Gasteiger charge is -2.36. The first-order valence-corrected chi connectivity index (χ1v) is 11.1. The lowest BCUT2D eigenvalue weighted by molar-refractivity contribution is -0.192. The smallest absolute Gasteiger partial charge is 0.475 e. The number of halogens is 4. The summed E-state index contributed by atoms with van der Waals surface area (Å²) < 4.78 is 50.2. The highest BCUT2D eigenvalue weighted by molar-refractivity contribution is 5.77. The first kappa shape index (κ1) is 26.7. The third-order valence-electron chi connectivity index (χ3n) is 5.60. The molecule has 7 nitrogen and oxygen atoms in total. The van der Waals surface area contributed by atoms with Crippen LogP contribution in [0.25, 0.3) is 11.3 Å². The molecule has 0 aliphatic carbocycles. The number of piperazine rings is 1. The Morgan fingerprint density at radius 3 is 2.28 bits per heavy atom. The summed E-state index contributed by atoms with van der Waals surface area (Å²) in [5.74, 6) is -2.32. The Morgan fingerprint density at radius 1 is 1.06 bits per heavy atom. The summed E-state index contributed by atoms with van der Waals surface area (Å²) in [7, 11) is 0. The lowest BCUT2D eigenvalue weighted by atomic mass is 10.0. The molecule has 3 aromatic rings. The molecule has 1 aliphatic rings. The van der Waals surface area contributed by atoms with Crippen LogP contribution >= 0.6 is 0 Å². The van der Waals surface area contributed by atoms with Crippen LogP contribution in [0, 0.1) is 12.7 Å². The van der Waals surface area contributed by atoms with E-state index in [1.54, 1.807) is 18.3 Å². The molecule has 11 heteroatoms. The number of alkyl halides is 3. The Morgan fingerprint density at radius 2 is 1.69 bits per heavy atom. The fourth-order valence-corrected chi connectivity index (χ4v) is 3.72. The van der Waals surface area contributed by atoms with Crippen LogP contribution < -0.4 is 4.90 Å². The minimum absolute atomic E-state index is 0.139. The van der Waals surface area contributed by atoms with Gasteiger partial charge in [0.1, 0.15) is 5.82 Å². The van der Waals surface area contributed by atoms with Gasteiger partial charge in [0.15, 0.2) is 5.76 Å². The highest BCUT2D eigenvalue weighted by Crippen LogP contribution is 2.25. The number of aromatic nitrogens is 1. The minimum Gasteiger partial charge on any atom is -0.475 e. The zero-order valence-corrected chi connectivity index (χ0v) is 19.5. The van der Waals surface area contributed by atoms with Gasteiger partial charge in [-0.25, -0.2) is 9.18 Å². The fraction of sp³-hybridized carbons (Fsp3) is 0.320. The number of carbonyl (C=O) groups is 2. The first-order chi connectivity index (χ1) is 17.0. The summed E-state index contributed by atoms with van der Waals surface area (Å²) in [5, 5.41) is 11.0. The van der Waals surface area contributed by atoms with E-state index >= 15 is 0 Å². The van der Waals surface area contributed by atoms with Crippen molar-refractivity contribution in [3.63, 3.8) is 0 Å². The molecule has 4 rings (SSSR count). The Bertz CT molecular complexity index is 1170. The fourth-order valence-electron chi connectivity index (χ4n) is 3.72. The number of hydrogen-bond acceptors (Lipinski definition) is 5. The summed E-state index contributed by atoms with van der Waals surface area (Å²) in [6.07, 6.45) is -2.49. The molecule has 1 N–H and O–H groups in total. The van der Waals surface area contributed by atoms with Crippen molar-refractivity contribution < 1.29 is 36.8 Å². The number of carbonyl (C=O) groups excluding carboxylic acids is 1. The number of anilines is 1. The number of carboxylic acid groups (broad SMARTS) is 1. The molecule has 0 bridgehead atoms. The summed E-state index contributed by atoms with van der Waals surface area (Å²) in [6, 6.07) is 14.6. The maximum atomic E-state index is 13.1. The Hall–Kier alpha value is -3.89. The van der Waals surface area contributed by atoms with Crippen LogP contribution in [-0.2, 0) is 16.0 Å². The molecule has 1 aliphatic heterocycles. The quantitative estimate of drug-likeness (QED) is 0.504. The number of hydrogen-bond donors (Lipinski definition) is 1. The predicted octanol–water partition coefficient (Wildman–Crippen LogP) is 4.70. The largest absolute Gasteiger partial charge is 0.490 e. The molecule has 1 aromatic heterocycles. The van der Waals surface area contributed by atoms with Gasteiger partial charge >= 0.3 is 12.1 Å². The second kappa shape index (κ2) is 11.7. The number of aliphatic carboxylic acids is 1. The van der Waals surface area contributed by atoms with Crippen molar-refractivity contribution in [3.05, 3.63) is 71.7 Å². The van der Waals surface area contributed by atoms with Crippen LogP contribution in [-0.4, -0.2) is 59.4 Å². The zero-order chi connectivity index (χ0) is 26.3. The van der Waals surface area contributed by atoms with E-state index < -0.39 is 12.1 Å². The Labute approximate surface area is 204 Å². The number of nitrogens with zero attached hydrogens (tertiary/aromatic N) is 3. The van der Waals surface area contributed by atoms with Crippen molar-refractivity contribution in [1.29, 1.82) is 0 Å². The van der Waals surface area contributed by atoms with E-state index in [-0.39, 0.29) is 11.7 Å². The highest BCUT2D eigenvalue weighted by atomic mass is 19.4. The van der Waals surface area contributed by atoms with Gasteiger partial charge in [0.25, 0.3) is 0 Å². The molecule has 1 amide bonds. The molecular formula is C25H25F4N3O4. The van der Waals surface area contributed by atoms with Crippen molar-refractivity contribution in [2.75, 3.05) is 31.1 Å². The molecule has 36 heavy (non-hydrogen) atoms. The maximum absolute atomic E-state index is 13.1. The molecular weight excluding hydrogens is 482 g/mol. The van der Waals surface area contributed by atoms with Gasteiger partial charge < -0.3 is 19.4 Å². The summed E-state index contributed by atoms with van der Waals surface area (Å²) in [6.45, 7) is 5.21. The third kappa shape index (κ3) is 7.30. The van der Waals surface area contributed by atoms with Crippen molar-refractivity contribution >= 4 is 17.6 Å². The van der Waals surface area contributed by atoms with E-state index in [4.69, 9.17) is 14.4 Å². The molecule has 2 heterocycles. The molecule has 0 saturated carbocycles. The molecule has 0 spiro atoms. The van der Waals surface area contributed by atoms with Gasteiger partial charge in [0.05, 0.1) is 6.20 Å². The number of benzene rings is 2. The molecule has 0 radical (unpaired) electrons. The molecule has 2 aromatic carbocycles. The average molecular weight is 507 g/mol. The molecule has 1 fully saturated rings. The Kier molecular flexibility index (Phi) is 8.68. The predicted molar refractivity (Wildman–Crippen MR) is 124 cm³/mol. The lowest BCUT2D eigenvalue weighted by Crippen LogP contribution is -2.48. The van der Waals surface area contributed by atoms with E-state index in [0.717, 1.165) is 37.3 Å². The van der Waals surface area contributed by atoms with Crippen molar-refractivity contribution in [2.24, 2.45) is 0 Å². The normalized spacial score (nSPS) is 13.7. The second-order valence-corrected chi connectivity index (χ2v) is 8.20. The van der Waals surface area contributed by atoms with Gasteiger partial charge in [-0.15, -0.1) is 0 Å². The van der Waals surface area contributed by atoms with Gasteiger partial charge in [-0.1, -0.05) is 17.3 Å². The number of amides is 1. The van der Waals surface area contributed by atoms with E-state index in [2.05, 4.69) is 41.2 Å². The van der Waals surface area contributed by atoms with E-state index in [0.29, 0.717) is 18.6 Å².